The van der Waals surface area contributed by atoms with Gasteiger partial charge in [-0.2, -0.15) is 0 Å². The van der Waals surface area contributed by atoms with Gasteiger partial charge in [-0.3, -0.25) is 19.5 Å². The molecule has 1 atom stereocenters. The van der Waals surface area contributed by atoms with Crippen LogP contribution in [-0.4, -0.2) is 44.4 Å². The van der Waals surface area contributed by atoms with E-state index in [9.17, 15) is 19.5 Å². The minimum Gasteiger partial charge on any atom is -0.390 e. The molecule has 110 valence electrons. The summed E-state index contributed by atoms with van der Waals surface area (Å²) < 4.78 is 1.01. The SMILES string of the molecule is CC1(O)CCCN(C(=O)Cn2[nH]c(=O)ccc2=O)CC1. The van der Waals surface area contributed by atoms with Crippen LogP contribution in [0.3, 0.4) is 0 Å². The Kier molecular flexibility index (Phi) is 4.08. The van der Waals surface area contributed by atoms with E-state index in [2.05, 4.69) is 5.10 Å². The van der Waals surface area contributed by atoms with E-state index in [0.717, 1.165) is 23.2 Å². The van der Waals surface area contributed by atoms with E-state index in [1.165, 1.54) is 0 Å². The number of likely N-dealkylation sites (tertiary alicyclic amines) is 1. The second-order valence-corrected chi connectivity index (χ2v) is 5.47. The zero-order chi connectivity index (χ0) is 14.8. The summed E-state index contributed by atoms with van der Waals surface area (Å²) in [6.07, 6.45) is 1.89. The van der Waals surface area contributed by atoms with E-state index in [1.807, 2.05) is 0 Å². The molecule has 1 amide bonds. The molecular formula is C13H19N3O4. The van der Waals surface area contributed by atoms with Crippen molar-refractivity contribution in [1.29, 1.82) is 0 Å². The Balaban J connectivity index is 2.06. The van der Waals surface area contributed by atoms with Crippen LogP contribution in [0.1, 0.15) is 26.2 Å². The van der Waals surface area contributed by atoms with Gasteiger partial charge in [-0.15, -0.1) is 0 Å². The number of hydrogen-bond donors (Lipinski definition) is 2. The smallest absolute Gasteiger partial charge is 0.265 e. The van der Waals surface area contributed by atoms with Crippen molar-refractivity contribution >= 4 is 5.91 Å². The van der Waals surface area contributed by atoms with E-state index in [-0.39, 0.29) is 12.5 Å². The van der Waals surface area contributed by atoms with E-state index in [1.54, 1.807) is 11.8 Å². The van der Waals surface area contributed by atoms with Crippen molar-refractivity contribution < 1.29 is 9.90 Å². The molecule has 2 N–H and O–H groups in total. The zero-order valence-electron chi connectivity index (χ0n) is 11.5. The van der Waals surface area contributed by atoms with Crippen LogP contribution in [0.15, 0.2) is 21.7 Å². The van der Waals surface area contributed by atoms with Gasteiger partial charge in [-0.25, -0.2) is 4.68 Å². The molecule has 20 heavy (non-hydrogen) atoms. The van der Waals surface area contributed by atoms with Crippen molar-refractivity contribution in [2.75, 3.05) is 13.1 Å². The number of aromatic amines is 1. The highest BCUT2D eigenvalue weighted by Crippen LogP contribution is 2.21. The van der Waals surface area contributed by atoms with Gasteiger partial charge >= 0.3 is 0 Å². The maximum Gasteiger partial charge on any atom is 0.265 e. The maximum atomic E-state index is 12.2. The lowest BCUT2D eigenvalue weighted by atomic mass is 9.98. The van der Waals surface area contributed by atoms with Crippen molar-refractivity contribution in [1.82, 2.24) is 14.7 Å². The second-order valence-electron chi connectivity index (χ2n) is 5.47. The lowest BCUT2D eigenvalue weighted by molar-refractivity contribution is -0.132. The van der Waals surface area contributed by atoms with Gasteiger partial charge in [0, 0.05) is 25.2 Å². The standard InChI is InChI=1S/C13H19N3O4/c1-13(20)5-2-7-15(8-6-13)12(19)9-16-11(18)4-3-10(17)14-16/h3-4,20H,2,5-9H2,1H3,(H,14,17). The minimum absolute atomic E-state index is 0.183. The van der Waals surface area contributed by atoms with E-state index in [4.69, 9.17) is 0 Å². The van der Waals surface area contributed by atoms with Crippen LogP contribution in [0.4, 0.5) is 0 Å². The number of hydrogen-bond acceptors (Lipinski definition) is 4. The molecular weight excluding hydrogens is 262 g/mol. The molecule has 0 radical (unpaired) electrons. The molecule has 0 bridgehead atoms. The van der Waals surface area contributed by atoms with E-state index >= 15 is 0 Å². The summed E-state index contributed by atoms with van der Waals surface area (Å²) in [5, 5.41) is 12.3. The number of aliphatic hydroxyl groups is 1. The molecule has 1 fully saturated rings. The van der Waals surface area contributed by atoms with Crippen LogP contribution in [0.25, 0.3) is 0 Å². The van der Waals surface area contributed by atoms with Crippen molar-refractivity contribution in [2.24, 2.45) is 0 Å². The van der Waals surface area contributed by atoms with Crippen molar-refractivity contribution in [3.05, 3.63) is 32.8 Å². The van der Waals surface area contributed by atoms with Crippen LogP contribution in [-0.2, 0) is 11.3 Å². The molecule has 1 unspecified atom stereocenters. The average Bonchev–Trinajstić information content (AvgIpc) is 2.55. The first-order valence-corrected chi connectivity index (χ1v) is 6.68. The quantitative estimate of drug-likeness (QED) is 0.749. The van der Waals surface area contributed by atoms with Gasteiger partial charge < -0.3 is 10.0 Å². The van der Waals surface area contributed by atoms with Crippen LogP contribution < -0.4 is 11.1 Å². The van der Waals surface area contributed by atoms with Crippen LogP contribution in [0.2, 0.25) is 0 Å². The number of carbonyl (C=O) groups excluding carboxylic acids is 1. The average molecular weight is 281 g/mol. The van der Waals surface area contributed by atoms with Gasteiger partial charge in [0.15, 0.2) is 0 Å². The number of nitrogens with one attached hydrogen (secondary N) is 1. The fraction of sp³-hybridized carbons (Fsp3) is 0.615. The maximum absolute atomic E-state index is 12.2. The van der Waals surface area contributed by atoms with Crippen molar-refractivity contribution in [3.63, 3.8) is 0 Å². The Morgan fingerprint density at radius 3 is 2.85 bits per heavy atom. The second kappa shape index (κ2) is 5.62. The first-order valence-electron chi connectivity index (χ1n) is 6.68. The molecule has 0 spiro atoms. The largest absolute Gasteiger partial charge is 0.390 e. The fourth-order valence-electron chi connectivity index (χ4n) is 2.33. The number of amides is 1. The number of nitrogens with zero attached hydrogens (tertiary/aromatic N) is 2. The predicted octanol–water partition coefficient (Wildman–Crippen LogP) is -0.700. The third-order valence-electron chi connectivity index (χ3n) is 3.60. The Bertz CT molecular complexity index is 602. The summed E-state index contributed by atoms with van der Waals surface area (Å²) in [7, 11) is 0. The van der Waals surface area contributed by atoms with Crippen LogP contribution in [0.5, 0.6) is 0 Å². The molecule has 2 rings (SSSR count). The summed E-state index contributed by atoms with van der Waals surface area (Å²) in [4.78, 5) is 36.5. The fourth-order valence-corrected chi connectivity index (χ4v) is 2.33. The van der Waals surface area contributed by atoms with Crippen molar-refractivity contribution in [3.8, 4) is 0 Å². The van der Waals surface area contributed by atoms with Gasteiger partial charge in [0.2, 0.25) is 5.91 Å². The van der Waals surface area contributed by atoms with Gasteiger partial charge in [-0.1, -0.05) is 0 Å². The summed E-state index contributed by atoms with van der Waals surface area (Å²) in [6, 6.07) is 2.27. The normalized spacial score (nSPS) is 23.4. The Morgan fingerprint density at radius 2 is 2.10 bits per heavy atom. The molecule has 7 nitrogen and oxygen atoms in total. The summed E-state index contributed by atoms with van der Waals surface area (Å²) in [5.74, 6) is -0.230. The topological polar surface area (TPSA) is 95.4 Å². The molecule has 2 heterocycles. The Morgan fingerprint density at radius 1 is 1.35 bits per heavy atom. The highest BCUT2D eigenvalue weighted by Gasteiger charge is 2.27. The molecule has 1 aromatic heterocycles. The molecule has 0 aliphatic carbocycles. The highest BCUT2D eigenvalue weighted by molar-refractivity contribution is 5.75. The molecule has 1 saturated heterocycles. The minimum atomic E-state index is -0.743. The first-order chi connectivity index (χ1) is 9.37. The Labute approximate surface area is 115 Å². The lowest BCUT2D eigenvalue weighted by Crippen LogP contribution is -2.39. The summed E-state index contributed by atoms with van der Waals surface area (Å²) >= 11 is 0. The number of aromatic nitrogens is 2. The third kappa shape index (κ3) is 3.57. The van der Waals surface area contributed by atoms with Crippen molar-refractivity contribution in [2.45, 2.75) is 38.3 Å². The molecule has 1 aliphatic rings. The van der Waals surface area contributed by atoms with E-state index < -0.39 is 16.7 Å². The van der Waals surface area contributed by atoms with E-state index in [0.29, 0.717) is 25.9 Å². The molecule has 7 heteroatoms. The monoisotopic (exact) mass is 281 g/mol. The molecule has 1 aromatic rings. The summed E-state index contributed by atoms with van der Waals surface area (Å²) in [6.45, 7) is 2.59. The molecule has 0 saturated carbocycles. The third-order valence-corrected chi connectivity index (χ3v) is 3.60. The van der Waals surface area contributed by atoms with Gasteiger partial charge in [0.25, 0.3) is 11.1 Å². The zero-order valence-corrected chi connectivity index (χ0v) is 11.5. The summed E-state index contributed by atoms with van der Waals surface area (Å²) in [5.41, 5.74) is -1.58. The number of carbonyl (C=O) groups is 1. The van der Waals surface area contributed by atoms with Crippen LogP contribution >= 0.6 is 0 Å². The highest BCUT2D eigenvalue weighted by atomic mass is 16.3. The number of H-pyrrole nitrogens is 1. The lowest BCUT2D eigenvalue weighted by Gasteiger charge is -2.22. The van der Waals surface area contributed by atoms with Gasteiger partial charge in [0.1, 0.15) is 6.54 Å². The number of rotatable bonds is 2. The first kappa shape index (κ1) is 14.5. The molecule has 0 aromatic carbocycles. The predicted molar refractivity (Wildman–Crippen MR) is 72.4 cm³/mol. The molecule has 1 aliphatic heterocycles. The van der Waals surface area contributed by atoms with Gasteiger partial charge in [-0.05, 0) is 26.2 Å². The Hall–Kier alpha value is -1.89. The van der Waals surface area contributed by atoms with Gasteiger partial charge in [0.05, 0.1) is 5.60 Å². The van der Waals surface area contributed by atoms with Crippen LogP contribution in [0, 0.1) is 0 Å².